The number of nitrogens with zero attached hydrogens (tertiary/aromatic N) is 2. The van der Waals surface area contributed by atoms with Gasteiger partial charge in [0.05, 0.1) is 0 Å². The summed E-state index contributed by atoms with van der Waals surface area (Å²) in [6, 6.07) is 17.0. The van der Waals surface area contributed by atoms with E-state index in [1.807, 2.05) is 19.1 Å². The maximum absolute atomic E-state index is 12.1. The molecule has 0 radical (unpaired) electrons. The predicted molar refractivity (Wildman–Crippen MR) is 119 cm³/mol. The molecule has 1 saturated heterocycles. The molecule has 2 heterocycles. The number of hydrogen-bond donors (Lipinski definition) is 1. The van der Waals surface area contributed by atoms with Gasteiger partial charge in [0.25, 0.3) is 5.91 Å². The van der Waals surface area contributed by atoms with Crippen molar-refractivity contribution in [2.24, 2.45) is 5.10 Å². The number of nitrogens with one attached hydrogen (secondary N) is 1. The molecule has 7 nitrogen and oxygen atoms in total. The van der Waals surface area contributed by atoms with E-state index >= 15 is 0 Å². The van der Waals surface area contributed by atoms with Gasteiger partial charge in [-0.25, -0.2) is 10.2 Å². The Kier molecular flexibility index (Phi) is 6.43. The van der Waals surface area contributed by atoms with Crippen molar-refractivity contribution in [1.82, 2.24) is 10.3 Å². The molecule has 2 aromatic carbocycles. The highest BCUT2D eigenvalue weighted by Gasteiger charge is 2.15. The third-order valence-electron chi connectivity index (χ3n) is 5.31. The first-order valence-electron chi connectivity index (χ1n) is 10.3. The summed E-state index contributed by atoms with van der Waals surface area (Å²) in [6.45, 7) is 4.44. The van der Waals surface area contributed by atoms with Crippen LogP contribution >= 0.6 is 0 Å². The third-order valence-corrected chi connectivity index (χ3v) is 5.31. The smallest absolute Gasteiger partial charge is 0.336 e. The van der Waals surface area contributed by atoms with E-state index in [1.54, 1.807) is 12.1 Å². The van der Waals surface area contributed by atoms with Gasteiger partial charge < -0.3 is 9.15 Å². The summed E-state index contributed by atoms with van der Waals surface area (Å²) in [5.74, 6) is 0.128. The highest BCUT2D eigenvalue weighted by Crippen LogP contribution is 2.22. The molecular weight excluding hydrogens is 394 g/mol. The van der Waals surface area contributed by atoms with E-state index in [0.717, 1.165) is 49.1 Å². The van der Waals surface area contributed by atoms with Crippen LogP contribution < -0.4 is 15.8 Å². The van der Waals surface area contributed by atoms with E-state index < -0.39 is 5.63 Å². The number of ether oxygens (including phenoxy) is 1. The van der Waals surface area contributed by atoms with Gasteiger partial charge in [-0.05, 0) is 30.2 Å². The Labute approximate surface area is 180 Å². The minimum absolute atomic E-state index is 0.168. The van der Waals surface area contributed by atoms with Crippen molar-refractivity contribution in [3.8, 4) is 5.75 Å². The van der Waals surface area contributed by atoms with Crippen LogP contribution in [0.15, 0.2) is 68.9 Å². The fourth-order valence-corrected chi connectivity index (χ4v) is 3.64. The minimum Gasteiger partial charge on any atom is -0.484 e. The molecule has 4 rings (SSSR count). The summed E-state index contributed by atoms with van der Waals surface area (Å²) in [4.78, 5) is 26.0. The highest BCUT2D eigenvalue weighted by molar-refractivity contribution is 5.87. The monoisotopic (exact) mass is 419 g/mol. The summed E-state index contributed by atoms with van der Waals surface area (Å²) < 4.78 is 10.7. The summed E-state index contributed by atoms with van der Waals surface area (Å²) >= 11 is 0. The highest BCUT2D eigenvalue weighted by atomic mass is 16.5. The first kappa shape index (κ1) is 20.8. The van der Waals surface area contributed by atoms with Gasteiger partial charge in [-0.3, -0.25) is 9.69 Å². The molecule has 1 N–H and O–H groups in total. The fourth-order valence-electron chi connectivity index (χ4n) is 3.64. The van der Waals surface area contributed by atoms with Gasteiger partial charge in [-0.1, -0.05) is 30.3 Å². The van der Waals surface area contributed by atoms with Crippen LogP contribution in [0, 0.1) is 6.92 Å². The Balaban J connectivity index is 1.24. The van der Waals surface area contributed by atoms with Crippen LogP contribution in [0.4, 0.5) is 0 Å². The van der Waals surface area contributed by atoms with Crippen LogP contribution in [0.3, 0.4) is 0 Å². The van der Waals surface area contributed by atoms with Crippen LogP contribution in [0.25, 0.3) is 11.0 Å². The Hall–Kier alpha value is -3.45. The maximum Gasteiger partial charge on any atom is 0.336 e. The molecule has 0 saturated carbocycles. The summed E-state index contributed by atoms with van der Waals surface area (Å²) in [7, 11) is 0. The average molecular weight is 419 g/mol. The normalized spacial score (nSPS) is 14.4. The lowest BCUT2D eigenvalue weighted by Gasteiger charge is -2.27. The molecule has 0 atom stereocenters. The number of benzene rings is 2. The van der Waals surface area contributed by atoms with Crippen LogP contribution in [0.5, 0.6) is 5.75 Å². The quantitative estimate of drug-likeness (QED) is 0.490. The number of carbonyl (C=O) groups excluding carboxylic acids is 1. The fraction of sp³-hybridized carbons (Fsp3) is 0.292. The van der Waals surface area contributed by atoms with Gasteiger partial charge >= 0.3 is 5.63 Å². The van der Waals surface area contributed by atoms with E-state index in [0.29, 0.717) is 11.3 Å². The molecule has 1 fully saturated rings. The first-order chi connectivity index (χ1) is 15.1. The van der Waals surface area contributed by atoms with Crippen molar-refractivity contribution < 1.29 is 13.9 Å². The van der Waals surface area contributed by atoms with E-state index in [9.17, 15) is 9.59 Å². The second-order valence-corrected chi connectivity index (χ2v) is 7.67. The number of hydrogen-bond acceptors (Lipinski definition) is 6. The minimum atomic E-state index is -0.412. The molecule has 1 aromatic heterocycles. The lowest BCUT2D eigenvalue weighted by molar-refractivity contribution is -0.123. The zero-order chi connectivity index (χ0) is 21.6. The number of hydrazone groups is 1. The van der Waals surface area contributed by atoms with Crippen molar-refractivity contribution in [2.75, 3.05) is 19.7 Å². The molecule has 0 bridgehead atoms. The number of fused-ring (bicyclic) bond motifs is 1. The number of likely N-dealkylation sites (tertiary alicyclic amines) is 1. The molecule has 0 spiro atoms. The van der Waals surface area contributed by atoms with Gasteiger partial charge in [0, 0.05) is 55.7 Å². The standard InChI is InChI=1S/C24H25N3O4/c1-17-13-24(29)31-22-14-20(7-8-21(17)22)30-16-23(28)26-25-19-9-11-27(12-10-19)15-18-5-3-2-4-6-18/h2-8,13-14H,9-12,15-16H2,1H3,(H,26,28). The summed E-state index contributed by atoms with van der Waals surface area (Å²) in [5, 5.41) is 5.10. The van der Waals surface area contributed by atoms with Gasteiger partial charge in [0.1, 0.15) is 11.3 Å². The molecule has 1 aliphatic heterocycles. The van der Waals surface area contributed by atoms with Gasteiger partial charge in [-0.15, -0.1) is 0 Å². The number of piperidine rings is 1. The van der Waals surface area contributed by atoms with E-state index in [2.05, 4.69) is 39.7 Å². The lowest BCUT2D eigenvalue weighted by Crippen LogP contribution is -2.35. The lowest BCUT2D eigenvalue weighted by atomic mass is 10.1. The van der Waals surface area contributed by atoms with E-state index in [-0.39, 0.29) is 12.5 Å². The second-order valence-electron chi connectivity index (χ2n) is 7.67. The van der Waals surface area contributed by atoms with Crippen LogP contribution in [-0.4, -0.2) is 36.2 Å². The third kappa shape index (κ3) is 5.58. The van der Waals surface area contributed by atoms with Crippen molar-refractivity contribution in [3.05, 3.63) is 76.1 Å². The van der Waals surface area contributed by atoms with Gasteiger partial charge in [0.15, 0.2) is 6.61 Å². The average Bonchev–Trinajstić information content (AvgIpc) is 2.77. The zero-order valence-corrected chi connectivity index (χ0v) is 17.5. The Morgan fingerprint density at radius 3 is 2.68 bits per heavy atom. The second kappa shape index (κ2) is 9.57. The molecule has 0 aliphatic carbocycles. The number of aryl methyl sites for hydroxylation is 1. The number of amides is 1. The van der Waals surface area contributed by atoms with Crippen molar-refractivity contribution in [2.45, 2.75) is 26.3 Å². The largest absolute Gasteiger partial charge is 0.484 e. The van der Waals surface area contributed by atoms with Gasteiger partial charge in [0.2, 0.25) is 0 Å². The zero-order valence-electron chi connectivity index (χ0n) is 17.5. The van der Waals surface area contributed by atoms with Crippen LogP contribution in [0.2, 0.25) is 0 Å². The summed E-state index contributed by atoms with van der Waals surface area (Å²) in [5.41, 5.74) is 5.72. The molecule has 31 heavy (non-hydrogen) atoms. The van der Waals surface area contributed by atoms with Crippen molar-refractivity contribution in [3.63, 3.8) is 0 Å². The first-order valence-corrected chi connectivity index (χ1v) is 10.3. The molecule has 7 heteroatoms. The predicted octanol–water partition coefficient (Wildman–Crippen LogP) is 3.25. The van der Waals surface area contributed by atoms with Crippen LogP contribution in [-0.2, 0) is 11.3 Å². The van der Waals surface area contributed by atoms with Crippen molar-refractivity contribution in [1.29, 1.82) is 0 Å². The SMILES string of the molecule is Cc1cc(=O)oc2cc(OCC(=O)NN=C3CCN(Cc4ccccc4)CC3)ccc12. The van der Waals surface area contributed by atoms with Gasteiger partial charge in [-0.2, -0.15) is 5.10 Å². The molecule has 1 amide bonds. The topological polar surface area (TPSA) is 84.1 Å². The van der Waals surface area contributed by atoms with Crippen LogP contribution in [0.1, 0.15) is 24.0 Å². The molecule has 160 valence electrons. The van der Waals surface area contributed by atoms with Crippen molar-refractivity contribution >= 4 is 22.6 Å². The maximum atomic E-state index is 12.1. The Morgan fingerprint density at radius 2 is 1.90 bits per heavy atom. The van der Waals surface area contributed by atoms with E-state index in [1.165, 1.54) is 11.6 Å². The van der Waals surface area contributed by atoms with E-state index in [4.69, 9.17) is 9.15 Å². The molecular formula is C24H25N3O4. The molecule has 0 unspecified atom stereocenters. The number of rotatable bonds is 6. The number of carbonyl (C=O) groups is 1. The molecule has 3 aromatic rings. The summed E-state index contributed by atoms with van der Waals surface area (Å²) in [6.07, 6.45) is 1.66. The molecule has 1 aliphatic rings. The Bertz CT molecular complexity index is 1140. The Morgan fingerprint density at radius 1 is 1.13 bits per heavy atom.